The number of ether oxygens (including phenoxy) is 2. The van der Waals surface area contributed by atoms with E-state index in [0.717, 1.165) is 54.3 Å². The standard InChI is InChI=1S/C33H46N6O5Si/c1-23-30(43-2)27-20-26(38-22-39(25-8-6-5-7-9-25)33(32(38)41)14-16-34-17-15-33)10-11-28(27)44-31(23)29(45(3,4)42)12-18-37-21-24(13-19-40)35-36-37/h5-11,20-21,23,29-31,34,40,42H,12-19,22H2,1-4H3/t23-,29?,30-,31-/m0/s1. The summed E-state index contributed by atoms with van der Waals surface area (Å²) in [5.41, 5.74) is 2.89. The van der Waals surface area contributed by atoms with Crippen LogP contribution in [0.4, 0.5) is 11.4 Å². The Balaban J connectivity index is 1.27. The number of aromatic nitrogens is 3. The highest BCUT2D eigenvalue weighted by Gasteiger charge is 2.53. The Kier molecular flexibility index (Phi) is 9.04. The number of anilines is 2. The van der Waals surface area contributed by atoms with E-state index < -0.39 is 13.9 Å². The van der Waals surface area contributed by atoms with Crippen molar-refractivity contribution >= 4 is 25.6 Å². The average Bonchev–Trinajstić information content (AvgIpc) is 3.59. The third kappa shape index (κ3) is 6.01. The van der Waals surface area contributed by atoms with Crippen molar-refractivity contribution < 1.29 is 24.2 Å². The number of carbonyl (C=O) groups excluding carboxylic acids is 1. The first-order valence-electron chi connectivity index (χ1n) is 16.1. The van der Waals surface area contributed by atoms with Gasteiger partial charge < -0.3 is 29.6 Å². The predicted octanol–water partition coefficient (Wildman–Crippen LogP) is 3.49. The molecule has 1 unspecified atom stereocenters. The minimum Gasteiger partial charge on any atom is -0.490 e. The number of hydrogen-bond donors (Lipinski definition) is 3. The molecular formula is C33H46N6O5Si. The highest BCUT2D eigenvalue weighted by Crippen LogP contribution is 2.48. The molecule has 0 aliphatic carbocycles. The molecule has 12 heteroatoms. The van der Waals surface area contributed by atoms with E-state index in [4.69, 9.17) is 9.47 Å². The van der Waals surface area contributed by atoms with Gasteiger partial charge in [-0.15, -0.1) is 5.10 Å². The Hall–Kier alpha value is -3.29. The monoisotopic (exact) mass is 634 g/mol. The molecule has 1 amide bonds. The quantitative estimate of drug-likeness (QED) is 0.288. The molecule has 3 aliphatic heterocycles. The van der Waals surface area contributed by atoms with Gasteiger partial charge in [0.25, 0.3) is 5.91 Å². The van der Waals surface area contributed by atoms with Gasteiger partial charge in [-0.2, -0.15) is 0 Å². The van der Waals surface area contributed by atoms with Crippen molar-refractivity contribution in [1.29, 1.82) is 0 Å². The van der Waals surface area contributed by atoms with Crippen LogP contribution in [0.5, 0.6) is 5.75 Å². The largest absolute Gasteiger partial charge is 0.490 e. The van der Waals surface area contributed by atoms with Gasteiger partial charge >= 0.3 is 0 Å². The molecule has 4 heterocycles. The average molecular weight is 635 g/mol. The molecule has 0 bridgehead atoms. The van der Waals surface area contributed by atoms with E-state index in [1.807, 2.05) is 54.5 Å². The van der Waals surface area contributed by atoms with E-state index in [9.17, 15) is 14.7 Å². The van der Waals surface area contributed by atoms with Crippen molar-refractivity contribution in [2.45, 2.75) is 75.5 Å². The molecule has 2 aromatic carbocycles. The summed E-state index contributed by atoms with van der Waals surface area (Å²) in [4.78, 5) is 29.9. The number of aryl methyl sites for hydroxylation is 1. The molecule has 3 aromatic rings. The number of aliphatic hydroxyl groups is 1. The topological polar surface area (TPSA) is 125 Å². The second-order valence-electron chi connectivity index (χ2n) is 13.2. The van der Waals surface area contributed by atoms with Crippen LogP contribution in [0, 0.1) is 5.92 Å². The van der Waals surface area contributed by atoms with Gasteiger partial charge in [0.2, 0.25) is 0 Å². The molecule has 1 aromatic heterocycles. The third-order valence-electron chi connectivity index (χ3n) is 9.99. The van der Waals surface area contributed by atoms with Crippen LogP contribution >= 0.6 is 0 Å². The molecule has 0 radical (unpaired) electrons. The van der Waals surface area contributed by atoms with Crippen molar-refractivity contribution in [2.75, 3.05) is 43.3 Å². The van der Waals surface area contributed by atoms with Gasteiger partial charge in [0.1, 0.15) is 17.4 Å². The summed E-state index contributed by atoms with van der Waals surface area (Å²) >= 11 is 0. The lowest BCUT2D eigenvalue weighted by Gasteiger charge is -2.44. The first-order chi connectivity index (χ1) is 21.7. The highest BCUT2D eigenvalue weighted by molar-refractivity contribution is 6.71. The van der Waals surface area contributed by atoms with Gasteiger partial charge in [0, 0.05) is 61.3 Å². The van der Waals surface area contributed by atoms with Crippen molar-refractivity contribution in [2.24, 2.45) is 5.92 Å². The van der Waals surface area contributed by atoms with Crippen molar-refractivity contribution in [3.8, 4) is 5.75 Å². The lowest BCUT2D eigenvalue weighted by molar-refractivity contribution is -0.122. The first kappa shape index (κ1) is 31.7. The zero-order chi connectivity index (χ0) is 31.8. The fourth-order valence-corrected chi connectivity index (χ4v) is 9.58. The molecular weight excluding hydrogens is 588 g/mol. The van der Waals surface area contributed by atoms with Crippen LogP contribution in [0.3, 0.4) is 0 Å². The van der Waals surface area contributed by atoms with E-state index in [-0.39, 0.29) is 36.2 Å². The van der Waals surface area contributed by atoms with E-state index in [1.165, 1.54) is 0 Å². The number of methoxy groups -OCH3 is 1. The Morgan fingerprint density at radius 3 is 2.60 bits per heavy atom. The Bertz CT molecular complexity index is 1470. The molecule has 0 saturated carbocycles. The van der Waals surface area contributed by atoms with Crippen molar-refractivity contribution in [3.63, 3.8) is 0 Å². The van der Waals surface area contributed by atoms with E-state index >= 15 is 0 Å². The minimum atomic E-state index is -2.69. The summed E-state index contributed by atoms with van der Waals surface area (Å²) in [6.07, 6.45) is 3.97. The normalized spacial score (nSPS) is 23.7. The Morgan fingerprint density at radius 1 is 1.16 bits per heavy atom. The predicted molar refractivity (Wildman–Crippen MR) is 175 cm³/mol. The molecule has 242 valence electrons. The molecule has 6 rings (SSSR count). The molecule has 4 atom stereocenters. The summed E-state index contributed by atoms with van der Waals surface area (Å²) in [7, 11) is -0.972. The second-order valence-corrected chi connectivity index (χ2v) is 17.3. The summed E-state index contributed by atoms with van der Waals surface area (Å²) in [5.74, 6) is 0.812. The number of piperidine rings is 1. The van der Waals surface area contributed by atoms with Gasteiger partial charge in [-0.05, 0) is 75.8 Å². The second kappa shape index (κ2) is 12.8. The Labute approximate surface area is 266 Å². The SMILES string of the molecule is CO[C@@H]1c2cc(N3CN(c4ccccc4)C4(CCNCC4)C3=O)ccc2O[C@H](C(CCn2cc(CCO)nn2)[Si](C)(C)O)[C@H]1C. The van der Waals surface area contributed by atoms with Gasteiger partial charge in [0.15, 0.2) is 8.32 Å². The van der Waals surface area contributed by atoms with E-state index in [0.29, 0.717) is 26.1 Å². The molecule has 3 aliphatic rings. The number of nitrogens with zero attached hydrogens (tertiary/aromatic N) is 5. The number of carbonyl (C=O) groups is 1. The zero-order valence-corrected chi connectivity index (χ0v) is 27.7. The molecule has 2 fully saturated rings. The van der Waals surface area contributed by atoms with Crippen LogP contribution in [-0.2, 0) is 22.5 Å². The number of nitrogens with one attached hydrogen (secondary N) is 1. The number of rotatable bonds is 10. The summed E-state index contributed by atoms with van der Waals surface area (Å²) in [6, 6.07) is 16.2. The third-order valence-corrected chi connectivity index (χ3v) is 12.4. The van der Waals surface area contributed by atoms with Crippen LogP contribution in [-0.4, -0.2) is 84.2 Å². The van der Waals surface area contributed by atoms with Crippen molar-refractivity contribution in [3.05, 3.63) is 66.0 Å². The minimum absolute atomic E-state index is 0.0282. The maximum atomic E-state index is 14.3. The van der Waals surface area contributed by atoms with Crippen molar-refractivity contribution in [1.82, 2.24) is 20.3 Å². The maximum Gasteiger partial charge on any atom is 0.254 e. The first-order valence-corrected chi connectivity index (χ1v) is 19.1. The van der Waals surface area contributed by atoms with E-state index in [1.54, 1.807) is 11.8 Å². The summed E-state index contributed by atoms with van der Waals surface area (Å²) in [5, 5.41) is 21.0. The van der Waals surface area contributed by atoms with Crippen LogP contribution in [0.15, 0.2) is 54.7 Å². The van der Waals surface area contributed by atoms with Crippen LogP contribution in [0.1, 0.15) is 43.5 Å². The van der Waals surface area contributed by atoms with Crippen LogP contribution in [0.25, 0.3) is 0 Å². The summed E-state index contributed by atoms with van der Waals surface area (Å²) in [6.45, 7) is 8.74. The zero-order valence-electron chi connectivity index (χ0n) is 26.7. The number of para-hydroxylation sites is 1. The maximum absolute atomic E-state index is 14.3. The summed E-state index contributed by atoms with van der Waals surface area (Å²) < 4.78 is 14.7. The lowest BCUT2D eigenvalue weighted by Crippen LogP contribution is -2.55. The van der Waals surface area contributed by atoms with Crippen LogP contribution < -0.4 is 19.9 Å². The lowest BCUT2D eigenvalue weighted by atomic mass is 9.85. The molecule has 11 nitrogen and oxygen atoms in total. The number of hydrogen-bond acceptors (Lipinski definition) is 9. The fraction of sp³-hybridized carbons (Fsp3) is 0.545. The van der Waals surface area contributed by atoms with Crippen LogP contribution in [0.2, 0.25) is 18.6 Å². The number of fused-ring (bicyclic) bond motifs is 1. The van der Waals surface area contributed by atoms with Gasteiger partial charge in [-0.3, -0.25) is 14.4 Å². The Morgan fingerprint density at radius 2 is 1.91 bits per heavy atom. The smallest absolute Gasteiger partial charge is 0.254 e. The van der Waals surface area contributed by atoms with Gasteiger partial charge in [0.05, 0.1) is 18.5 Å². The van der Waals surface area contributed by atoms with E-state index in [2.05, 4.69) is 45.7 Å². The van der Waals surface area contributed by atoms with Gasteiger partial charge in [-0.25, -0.2) is 0 Å². The number of amides is 1. The number of benzene rings is 2. The fourth-order valence-electron chi connectivity index (χ4n) is 7.57. The van der Waals surface area contributed by atoms with Gasteiger partial charge in [-0.1, -0.05) is 30.3 Å². The highest BCUT2D eigenvalue weighted by atomic mass is 28.4. The molecule has 45 heavy (non-hydrogen) atoms. The number of aliphatic hydroxyl groups excluding tert-OH is 1. The molecule has 2 saturated heterocycles. The molecule has 1 spiro atoms. The molecule has 3 N–H and O–H groups in total.